The van der Waals surface area contributed by atoms with E-state index in [1.165, 1.54) is 0 Å². The number of hydrogen-bond acceptors (Lipinski definition) is 2. The van der Waals surface area contributed by atoms with E-state index in [0.717, 1.165) is 10.1 Å². The van der Waals surface area contributed by atoms with Gasteiger partial charge in [0.1, 0.15) is 4.60 Å². The zero-order chi connectivity index (χ0) is 11.0. The maximum absolute atomic E-state index is 10.6. The van der Waals surface area contributed by atoms with Gasteiger partial charge in [-0.1, -0.05) is 6.07 Å². The number of fused-ring (bicyclic) bond motifs is 1. The molecule has 0 aliphatic rings. The van der Waals surface area contributed by atoms with Crippen molar-refractivity contribution < 1.29 is 9.90 Å². The molecule has 0 aliphatic carbocycles. The SMILES string of the molecule is Cc1nn2c(Br)cccc2c1NC(=O)O. The molecule has 0 atom stereocenters. The summed E-state index contributed by atoms with van der Waals surface area (Å²) in [5.74, 6) is 0. The number of carbonyl (C=O) groups is 1. The molecule has 0 aromatic carbocycles. The van der Waals surface area contributed by atoms with Crippen LogP contribution >= 0.6 is 15.9 Å². The Hall–Kier alpha value is -1.56. The third-order valence-corrected chi connectivity index (χ3v) is 2.62. The normalized spacial score (nSPS) is 10.5. The van der Waals surface area contributed by atoms with Crippen LogP contribution in [0.3, 0.4) is 0 Å². The Kier molecular flexibility index (Phi) is 2.36. The molecule has 5 nitrogen and oxygen atoms in total. The number of nitrogens with zero attached hydrogens (tertiary/aromatic N) is 2. The molecule has 78 valence electrons. The Balaban J connectivity index is 2.68. The predicted octanol–water partition coefficient (Wildman–Crippen LogP) is 2.50. The molecule has 0 saturated carbocycles. The lowest BCUT2D eigenvalue weighted by atomic mass is 10.3. The van der Waals surface area contributed by atoms with Crippen molar-refractivity contribution >= 4 is 33.2 Å². The average molecular weight is 270 g/mol. The zero-order valence-corrected chi connectivity index (χ0v) is 9.45. The van der Waals surface area contributed by atoms with Crippen molar-refractivity contribution in [2.75, 3.05) is 5.32 Å². The summed E-state index contributed by atoms with van der Waals surface area (Å²) in [4.78, 5) is 10.6. The second-order valence-electron chi connectivity index (χ2n) is 3.04. The van der Waals surface area contributed by atoms with Gasteiger partial charge in [0, 0.05) is 0 Å². The van der Waals surface area contributed by atoms with Crippen molar-refractivity contribution in [1.29, 1.82) is 0 Å². The topological polar surface area (TPSA) is 66.6 Å². The molecule has 0 saturated heterocycles. The van der Waals surface area contributed by atoms with Gasteiger partial charge >= 0.3 is 6.09 Å². The van der Waals surface area contributed by atoms with Crippen molar-refractivity contribution in [3.63, 3.8) is 0 Å². The Morgan fingerprint density at radius 2 is 2.33 bits per heavy atom. The summed E-state index contributed by atoms with van der Waals surface area (Å²) in [6.45, 7) is 1.75. The van der Waals surface area contributed by atoms with Gasteiger partial charge in [-0.3, -0.25) is 5.32 Å². The van der Waals surface area contributed by atoms with Crippen LogP contribution in [0.25, 0.3) is 5.52 Å². The summed E-state index contributed by atoms with van der Waals surface area (Å²) >= 11 is 3.34. The van der Waals surface area contributed by atoms with Gasteiger partial charge in [-0.2, -0.15) is 5.10 Å². The van der Waals surface area contributed by atoms with Gasteiger partial charge < -0.3 is 5.11 Å². The minimum atomic E-state index is -1.09. The number of anilines is 1. The van der Waals surface area contributed by atoms with E-state index in [0.29, 0.717) is 11.4 Å². The van der Waals surface area contributed by atoms with E-state index in [-0.39, 0.29) is 0 Å². The summed E-state index contributed by atoms with van der Waals surface area (Å²) in [6, 6.07) is 5.47. The molecule has 2 rings (SSSR count). The smallest absolute Gasteiger partial charge is 0.409 e. The highest BCUT2D eigenvalue weighted by molar-refractivity contribution is 9.10. The van der Waals surface area contributed by atoms with Crippen molar-refractivity contribution in [2.45, 2.75) is 6.92 Å². The monoisotopic (exact) mass is 269 g/mol. The minimum Gasteiger partial charge on any atom is -0.465 e. The summed E-state index contributed by atoms with van der Waals surface area (Å²) < 4.78 is 2.42. The average Bonchev–Trinajstić information content (AvgIpc) is 2.45. The molecule has 0 spiro atoms. The summed E-state index contributed by atoms with van der Waals surface area (Å²) in [5.41, 5.74) is 1.89. The van der Waals surface area contributed by atoms with Gasteiger partial charge in [-0.15, -0.1) is 0 Å². The van der Waals surface area contributed by atoms with Crippen LogP contribution in [0.1, 0.15) is 5.69 Å². The molecule has 0 bridgehead atoms. The van der Waals surface area contributed by atoms with Crippen LogP contribution in [0, 0.1) is 6.92 Å². The van der Waals surface area contributed by atoms with Gasteiger partial charge in [0.25, 0.3) is 0 Å². The molecular weight excluding hydrogens is 262 g/mol. The molecule has 2 heterocycles. The number of amides is 1. The lowest BCUT2D eigenvalue weighted by Gasteiger charge is -1.99. The molecule has 2 N–H and O–H groups in total. The lowest BCUT2D eigenvalue weighted by molar-refractivity contribution is 0.210. The third kappa shape index (κ3) is 1.68. The fourth-order valence-corrected chi connectivity index (χ4v) is 1.84. The van der Waals surface area contributed by atoms with E-state index in [2.05, 4.69) is 26.3 Å². The van der Waals surface area contributed by atoms with E-state index >= 15 is 0 Å². The number of nitrogens with one attached hydrogen (secondary N) is 1. The van der Waals surface area contributed by atoms with Crippen molar-refractivity contribution in [1.82, 2.24) is 9.61 Å². The van der Waals surface area contributed by atoms with Crippen LogP contribution in [-0.4, -0.2) is 20.8 Å². The first-order valence-corrected chi connectivity index (χ1v) is 5.02. The Morgan fingerprint density at radius 3 is 3.00 bits per heavy atom. The highest BCUT2D eigenvalue weighted by atomic mass is 79.9. The third-order valence-electron chi connectivity index (χ3n) is 2.02. The number of halogens is 1. The van der Waals surface area contributed by atoms with Crippen LogP contribution in [0.2, 0.25) is 0 Å². The molecule has 0 radical (unpaired) electrons. The molecule has 2 aromatic heterocycles. The minimum absolute atomic E-state index is 0.517. The number of pyridine rings is 1. The van der Waals surface area contributed by atoms with Gasteiger partial charge in [-0.25, -0.2) is 9.31 Å². The number of rotatable bonds is 1. The number of hydrogen-bond donors (Lipinski definition) is 2. The maximum Gasteiger partial charge on any atom is 0.409 e. The van der Waals surface area contributed by atoms with E-state index < -0.39 is 6.09 Å². The molecule has 1 amide bonds. The summed E-state index contributed by atoms with van der Waals surface area (Å²) in [7, 11) is 0. The summed E-state index contributed by atoms with van der Waals surface area (Å²) in [6.07, 6.45) is -1.09. The Labute approximate surface area is 93.8 Å². The van der Waals surface area contributed by atoms with Crippen LogP contribution in [0.15, 0.2) is 22.8 Å². The quantitative estimate of drug-likeness (QED) is 0.782. The Morgan fingerprint density at radius 1 is 1.60 bits per heavy atom. The molecule has 2 aromatic rings. The van der Waals surface area contributed by atoms with Gasteiger partial charge in [0.05, 0.1) is 16.9 Å². The fraction of sp³-hybridized carbons (Fsp3) is 0.111. The maximum atomic E-state index is 10.6. The number of carboxylic acid groups (broad SMARTS) is 1. The zero-order valence-electron chi connectivity index (χ0n) is 7.86. The molecule has 15 heavy (non-hydrogen) atoms. The fourth-order valence-electron chi connectivity index (χ4n) is 1.41. The standard InChI is InChI=1S/C9H8BrN3O2/c1-5-8(11-9(14)15)6-3-2-4-7(10)13(6)12-5/h2-4,11H,1H3,(H,14,15). The van der Waals surface area contributed by atoms with Crippen LogP contribution in [0.4, 0.5) is 10.5 Å². The first-order valence-electron chi connectivity index (χ1n) is 4.23. The van der Waals surface area contributed by atoms with E-state index in [9.17, 15) is 4.79 Å². The van der Waals surface area contributed by atoms with Gasteiger partial charge in [0.15, 0.2) is 0 Å². The largest absolute Gasteiger partial charge is 0.465 e. The van der Waals surface area contributed by atoms with E-state index in [4.69, 9.17) is 5.11 Å². The second-order valence-corrected chi connectivity index (χ2v) is 3.85. The van der Waals surface area contributed by atoms with E-state index in [1.807, 2.05) is 12.1 Å². The van der Waals surface area contributed by atoms with Crippen LogP contribution in [0.5, 0.6) is 0 Å². The van der Waals surface area contributed by atoms with E-state index in [1.54, 1.807) is 17.5 Å². The van der Waals surface area contributed by atoms with Gasteiger partial charge in [-0.05, 0) is 35.0 Å². The highest BCUT2D eigenvalue weighted by Gasteiger charge is 2.12. The van der Waals surface area contributed by atoms with Crippen molar-refractivity contribution in [2.24, 2.45) is 0 Å². The predicted molar refractivity (Wildman–Crippen MR) is 59.3 cm³/mol. The summed E-state index contributed by atoms with van der Waals surface area (Å²) in [5, 5.41) is 15.2. The molecule has 0 aliphatic heterocycles. The van der Waals surface area contributed by atoms with Crippen molar-refractivity contribution in [3.8, 4) is 0 Å². The first-order chi connectivity index (χ1) is 7.09. The second kappa shape index (κ2) is 3.54. The first kappa shape index (κ1) is 9.97. The molecule has 0 fully saturated rings. The van der Waals surface area contributed by atoms with Crippen LogP contribution in [-0.2, 0) is 0 Å². The lowest BCUT2D eigenvalue weighted by Crippen LogP contribution is -2.07. The molecule has 0 unspecified atom stereocenters. The molecule has 6 heteroatoms. The number of aromatic nitrogens is 2. The van der Waals surface area contributed by atoms with Crippen LogP contribution < -0.4 is 5.32 Å². The number of aryl methyl sites for hydroxylation is 1. The van der Waals surface area contributed by atoms with Crippen molar-refractivity contribution in [3.05, 3.63) is 28.5 Å². The Bertz CT molecular complexity index is 535. The van der Waals surface area contributed by atoms with Gasteiger partial charge in [0.2, 0.25) is 0 Å². The highest BCUT2D eigenvalue weighted by Crippen LogP contribution is 2.24. The molecular formula is C9H8BrN3O2.